The summed E-state index contributed by atoms with van der Waals surface area (Å²) in [6.07, 6.45) is 3.80. The van der Waals surface area contributed by atoms with Crippen LogP contribution in [0.5, 0.6) is 0 Å². The van der Waals surface area contributed by atoms with E-state index in [4.69, 9.17) is 5.73 Å². The van der Waals surface area contributed by atoms with Crippen LogP contribution in [0, 0.1) is 0 Å². The maximum atomic E-state index is 10.1. The molecule has 0 saturated carbocycles. The molecule has 0 saturated heterocycles. The molecule has 0 radical (unpaired) electrons. The van der Waals surface area contributed by atoms with Crippen LogP contribution in [-0.4, -0.2) is 47.9 Å². The first kappa shape index (κ1) is 15.0. The van der Waals surface area contributed by atoms with Crippen molar-refractivity contribution in [3.05, 3.63) is 36.0 Å². The number of hydrogen-bond acceptors (Lipinski definition) is 3. The summed E-state index contributed by atoms with van der Waals surface area (Å²) in [5.41, 5.74) is 8.12. The number of nitrogens with two attached hydrogens (primary N) is 1. The van der Waals surface area contributed by atoms with Crippen molar-refractivity contribution in [3.63, 3.8) is 0 Å². The lowest BCUT2D eigenvalue weighted by Crippen LogP contribution is -2.29. The van der Waals surface area contributed by atoms with Crippen LogP contribution >= 0.6 is 0 Å². The minimum Gasteiger partial charge on any atom is -0.390 e. The van der Waals surface area contributed by atoms with Crippen molar-refractivity contribution in [1.29, 1.82) is 0 Å². The highest BCUT2D eigenvalue weighted by Gasteiger charge is 2.11. The van der Waals surface area contributed by atoms with E-state index in [-0.39, 0.29) is 6.10 Å². The molecule has 1 unspecified atom stereocenters. The molecule has 1 aromatic carbocycles. The van der Waals surface area contributed by atoms with Crippen molar-refractivity contribution in [3.8, 4) is 0 Å². The summed E-state index contributed by atoms with van der Waals surface area (Å²) in [6.45, 7) is 2.01. The molecule has 0 amide bonds. The Morgan fingerprint density at radius 2 is 2.05 bits per heavy atom. The zero-order chi connectivity index (χ0) is 14.5. The van der Waals surface area contributed by atoms with Crippen LogP contribution in [0.15, 0.2) is 30.5 Å². The second-order valence-electron chi connectivity index (χ2n) is 5.63. The van der Waals surface area contributed by atoms with Crippen molar-refractivity contribution in [2.24, 2.45) is 5.73 Å². The van der Waals surface area contributed by atoms with Gasteiger partial charge in [-0.2, -0.15) is 0 Å². The van der Waals surface area contributed by atoms with Crippen LogP contribution in [0.3, 0.4) is 0 Å². The third-order valence-electron chi connectivity index (χ3n) is 3.50. The van der Waals surface area contributed by atoms with Crippen LogP contribution in [-0.2, 0) is 13.0 Å². The van der Waals surface area contributed by atoms with Gasteiger partial charge in [0.05, 0.1) is 6.10 Å². The highest BCUT2D eigenvalue weighted by Crippen LogP contribution is 2.22. The molecular weight excluding hydrogens is 250 g/mol. The number of nitrogens with zero attached hydrogens (tertiary/aromatic N) is 2. The molecule has 0 bridgehead atoms. The highest BCUT2D eigenvalue weighted by molar-refractivity contribution is 5.84. The van der Waals surface area contributed by atoms with Gasteiger partial charge in [-0.25, -0.2) is 0 Å². The number of rotatable bonds is 7. The van der Waals surface area contributed by atoms with Gasteiger partial charge in [0.1, 0.15) is 0 Å². The largest absolute Gasteiger partial charge is 0.390 e. The molecule has 4 heteroatoms. The van der Waals surface area contributed by atoms with Crippen molar-refractivity contribution in [1.82, 2.24) is 9.47 Å². The molecule has 2 rings (SSSR count). The van der Waals surface area contributed by atoms with Crippen LogP contribution < -0.4 is 5.73 Å². The minimum atomic E-state index is -0.358. The Morgan fingerprint density at radius 1 is 1.30 bits per heavy atom. The van der Waals surface area contributed by atoms with E-state index in [9.17, 15) is 5.11 Å². The van der Waals surface area contributed by atoms with E-state index in [0.717, 1.165) is 12.8 Å². The maximum absolute atomic E-state index is 10.1. The molecule has 1 atom stereocenters. The Balaban J connectivity index is 2.24. The number of aliphatic hydroxyl groups excluding tert-OH is 1. The lowest BCUT2D eigenvalue weighted by atomic mass is 10.1. The van der Waals surface area contributed by atoms with Crippen molar-refractivity contribution < 1.29 is 5.11 Å². The summed E-state index contributed by atoms with van der Waals surface area (Å²) in [6, 6.07) is 8.37. The van der Waals surface area contributed by atoms with E-state index < -0.39 is 0 Å². The first-order valence-corrected chi connectivity index (χ1v) is 7.21. The van der Waals surface area contributed by atoms with Crippen LogP contribution in [0.2, 0.25) is 0 Å². The Kier molecular flexibility index (Phi) is 5.17. The fourth-order valence-electron chi connectivity index (χ4n) is 2.67. The lowest BCUT2D eigenvalue weighted by molar-refractivity contribution is 0.121. The summed E-state index contributed by atoms with van der Waals surface area (Å²) in [4.78, 5) is 2.01. The number of fused-ring (bicyclic) bond motifs is 1. The molecular formula is C16H25N3O. The maximum Gasteiger partial charge on any atom is 0.0845 e. The van der Waals surface area contributed by atoms with Crippen LogP contribution in [0.1, 0.15) is 12.0 Å². The molecule has 0 aliphatic carbocycles. The normalized spacial score (nSPS) is 13.2. The second kappa shape index (κ2) is 6.88. The molecule has 3 N–H and O–H groups in total. The zero-order valence-corrected chi connectivity index (χ0v) is 12.4. The number of aryl methyl sites for hydroxylation is 1. The van der Waals surface area contributed by atoms with Gasteiger partial charge in [0.2, 0.25) is 0 Å². The fraction of sp³-hybridized carbons (Fsp3) is 0.500. The summed E-state index contributed by atoms with van der Waals surface area (Å²) in [5.74, 6) is 0. The number of para-hydroxylation sites is 1. The third-order valence-corrected chi connectivity index (χ3v) is 3.50. The van der Waals surface area contributed by atoms with Gasteiger partial charge >= 0.3 is 0 Å². The van der Waals surface area contributed by atoms with Crippen LogP contribution in [0.25, 0.3) is 10.9 Å². The van der Waals surface area contributed by atoms with E-state index in [0.29, 0.717) is 19.6 Å². The monoisotopic (exact) mass is 275 g/mol. The molecule has 0 spiro atoms. The van der Waals surface area contributed by atoms with Gasteiger partial charge in [0.15, 0.2) is 0 Å². The van der Waals surface area contributed by atoms with Gasteiger partial charge in [-0.1, -0.05) is 18.2 Å². The van der Waals surface area contributed by atoms with Gasteiger partial charge in [-0.15, -0.1) is 0 Å². The van der Waals surface area contributed by atoms with E-state index in [2.05, 4.69) is 29.0 Å². The third kappa shape index (κ3) is 3.60. The zero-order valence-electron chi connectivity index (χ0n) is 12.4. The molecule has 0 fully saturated rings. The van der Waals surface area contributed by atoms with E-state index >= 15 is 0 Å². The minimum absolute atomic E-state index is 0.358. The Morgan fingerprint density at radius 3 is 2.75 bits per heavy atom. The molecule has 20 heavy (non-hydrogen) atoms. The molecule has 0 aliphatic rings. The Hall–Kier alpha value is -1.36. The van der Waals surface area contributed by atoms with Crippen molar-refractivity contribution in [2.45, 2.75) is 25.5 Å². The van der Waals surface area contributed by atoms with Gasteiger partial charge in [0.25, 0.3) is 0 Å². The summed E-state index contributed by atoms with van der Waals surface area (Å²) >= 11 is 0. The smallest absolute Gasteiger partial charge is 0.0845 e. The van der Waals surface area contributed by atoms with Gasteiger partial charge < -0.3 is 20.3 Å². The second-order valence-corrected chi connectivity index (χ2v) is 5.63. The average molecular weight is 275 g/mol. The molecule has 4 nitrogen and oxygen atoms in total. The van der Waals surface area contributed by atoms with E-state index in [1.807, 2.05) is 25.1 Å². The van der Waals surface area contributed by atoms with E-state index in [1.165, 1.54) is 16.5 Å². The molecule has 1 aromatic heterocycles. The van der Waals surface area contributed by atoms with E-state index in [1.54, 1.807) is 0 Å². The predicted octanol–water partition coefficient (Wildman–Crippen LogP) is 1.46. The number of benzene rings is 1. The number of aromatic nitrogens is 1. The summed E-state index contributed by atoms with van der Waals surface area (Å²) < 4.78 is 2.16. The highest BCUT2D eigenvalue weighted by atomic mass is 16.3. The number of likely N-dealkylation sites (N-methyl/N-ethyl adjacent to an activating group) is 1. The predicted molar refractivity (Wildman–Crippen MR) is 83.9 cm³/mol. The standard InChI is InChI=1S/C16H25N3O/c1-18(2)11-14(20)12-19-10-13(6-5-9-17)15-7-3-4-8-16(15)19/h3-4,7-8,10,14,20H,5-6,9,11-12,17H2,1-2H3. The SMILES string of the molecule is CN(C)CC(O)Cn1cc(CCCN)c2ccccc21. The Bertz CT molecular complexity index is 548. The van der Waals surface area contributed by atoms with Crippen molar-refractivity contribution in [2.75, 3.05) is 27.2 Å². The van der Waals surface area contributed by atoms with Crippen LogP contribution in [0.4, 0.5) is 0 Å². The van der Waals surface area contributed by atoms with Gasteiger partial charge in [0, 0.05) is 30.2 Å². The number of hydrogen-bond donors (Lipinski definition) is 2. The average Bonchev–Trinajstić information content (AvgIpc) is 2.74. The number of aliphatic hydroxyl groups is 1. The first-order chi connectivity index (χ1) is 9.61. The molecule has 1 heterocycles. The van der Waals surface area contributed by atoms with Crippen molar-refractivity contribution >= 4 is 10.9 Å². The fourth-order valence-corrected chi connectivity index (χ4v) is 2.67. The quantitative estimate of drug-likeness (QED) is 0.804. The molecule has 0 aliphatic heterocycles. The molecule has 110 valence electrons. The first-order valence-electron chi connectivity index (χ1n) is 7.21. The van der Waals surface area contributed by atoms with Gasteiger partial charge in [-0.05, 0) is 45.1 Å². The van der Waals surface area contributed by atoms with Gasteiger partial charge in [-0.3, -0.25) is 0 Å². The molecule has 2 aromatic rings. The lowest BCUT2D eigenvalue weighted by Gasteiger charge is -2.17. The summed E-state index contributed by atoms with van der Waals surface area (Å²) in [7, 11) is 3.95. The summed E-state index contributed by atoms with van der Waals surface area (Å²) in [5, 5.41) is 11.4. The topological polar surface area (TPSA) is 54.4 Å². The Labute approximate surface area is 120 Å².